The lowest BCUT2D eigenvalue weighted by Crippen LogP contribution is -2.62. The van der Waals surface area contributed by atoms with Crippen LogP contribution in [0.2, 0.25) is 0 Å². The van der Waals surface area contributed by atoms with Crippen molar-refractivity contribution < 1.29 is 14.3 Å². The number of carbonyl (C=O) groups is 1. The lowest BCUT2D eigenvalue weighted by Gasteiger charge is -2.47. The average molecular weight is 314 g/mol. The Hall–Kier alpha value is -1.85. The van der Waals surface area contributed by atoms with Crippen LogP contribution in [0, 0.1) is 11.8 Å². The van der Waals surface area contributed by atoms with Crippen LogP contribution in [0.3, 0.4) is 0 Å². The number of fused-ring (bicyclic) bond motifs is 2. The van der Waals surface area contributed by atoms with Gasteiger partial charge in [0.25, 0.3) is 0 Å². The minimum absolute atomic E-state index is 0.0752. The Labute approximate surface area is 135 Å². The molecule has 0 spiro atoms. The zero-order chi connectivity index (χ0) is 15.8. The quantitative estimate of drug-likeness (QED) is 0.886. The average Bonchev–Trinajstić information content (AvgIpc) is 3.16. The van der Waals surface area contributed by atoms with E-state index in [1.807, 2.05) is 30.5 Å². The van der Waals surface area contributed by atoms with Crippen LogP contribution >= 0.6 is 0 Å². The minimum atomic E-state index is 0.0752. The molecule has 0 unspecified atom stereocenters. The molecule has 122 valence electrons. The smallest absolute Gasteiger partial charge is 0.224 e. The van der Waals surface area contributed by atoms with E-state index in [1.165, 1.54) is 0 Å². The number of aromatic nitrogens is 1. The highest BCUT2D eigenvalue weighted by atomic mass is 16.5. The number of benzene rings is 1. The first-order valence-corrected chi connectivity index (χ1v) is 8.23. The summed E-state index contributed by atoms with van der Waals surface area (Å²) in [4.78, 5) is 15.7. The Morgan fingerprint density at radius 3 is 3.17 bits per heavy atom. The van der Waals surface area contributed by atoms with Crippen molar-refractivity contribution in [2.75, 3.05) is 20.3 Å². The van der Waals surface area contributed by atoms with Crippen LogP contribution in [0.15, 0.2) is 30.5 Å². The summed E-state index contributed by atoms with van der Waals surface area (Å²) in [5, 5.41) is 4.33. The summed E-state index contributed by atoms with van der Waals surface area (Å²) in [7, 11) is 1.70. The molecule has 0 radical (unpaired) electrons. The van der Waals surface area contributed by atoms with Crippen LogP contribution in [0.4, 0.5) is 0 Å². The summed E-state index contributed by atoms with van der Waals surface area (Å²) in [5.74, 6) is 0.799. The van der Waals surface area contributed by atoms with E-state index in [-0.39, 0.29) is 24.0 Å². The number of rotatable bonds is 5. The van der Waals surface area contributed by atoms with Gasteiger partial charge in [0.1, 0.15) is 0 Å². The summed E-state index contributed by atoms with van der Waals surface area (Å²) < 4.78 is 11.0. The SMILES string of the molecule is COC[C@@H]1[C@@H](NC(=O)Cc2c[nH]c3ccccc23)[C@@H]2CCO[C@H]12. The number of amides is 1. The van der Waals surface area contributed by atoms with E-state index >= 15 is 0 Å². The Morgan fingerprint density at radius 2 is 2.30 bits per heavy atom. The highest BCUT2D eigenvalue weighted by Crippen LogP contribution is 2.43. The molecular weight excluding hydrogens is 292 g/mol. The number of ether oxygens (including phenoxy) is 2. The fourth-order valence-corrected chi connectivity index (χ4v) is 4.12. The van der Waals surface area contributed by atoms with Crippen LogP contribution in [0.25, 0.3) is 10.9 Å². The maximum atomic E-state index is 12.5. The van der Waals surface area contributed by atoms with E-state index in [4.69, 9.17) is 9.47 Å². The molecular formula is C18H22N2O3. The van der Waals surface area contributed by atoms with E-state index in [0.717, 1.165) is 29.5 Å². The fraction of sp³-hybridized carbons (Fsp3) is 0.500. The number of H-pyrrole nitrogens is 1. The van der Waals surface area contributed by atoms with Crippen molar-refractivity contribution in [3.63, 3.8) is 0 Å². The molecule has 1 aromatic heterocycles. The number of para-hydroxylation sites is 1. The Kier molecular flexibility index (Phi) is 3.83. The largest absolute Gasteiger partial charge is 0.384 e. The summed E-state index contributed by atoms with van der Waals surface area (Å²) in [5.41, 5.74) is 2.11. The number of hydrogen-bond donors (Lipinski definition) is 2. The molecule has 0 bridgehead atoms. The molecule has 4 atom stereocenters. The number of methoxy groups -OCH3 is 1. The number of nitrogens with one attached hydrogen (secondary N) is 2. The standard InChI is InChI=1S/C18H22N2O3/c1-22-10-14-17(13-6-7-23-18(13)14)20-16(21)8-11-9-19-15-5-3-2-4-12(11)15/h2-5,9,13-14,17-19H,6-8,10H2,1H3,(H,20,21)/t13-,14+,17-,18-/m0/s1. The van der Waals surface area contributed by atoms with Crippen molar-refractivity contribution in [1.29, 1.82) is 0 Å². The number of aromatic amines is 1. The maximum Gasteiger partial charge on any atom is 0.224 e. The van der Waals surface area contributed by atoms with Crippen molar-refractivity contribution in [3.05, 3.63) is 36.0 Å². The van der Waals surface area contributed by atoms with Crippen molar-refractivity contribution in [2.24, 2.45) is 11.8 Å². The normalized spacial score (nSPS) is 29.3. The Balaban J connectivity index is 1.43. The van der Waals surface area contributed by atoms with Gasteiger partial charge in [-0.25, -0.2) is 0 Å². The first-order chi connectivity index (χ1) is 11.3. The minimum Gasteiger partial charge on any atom is -0.384 e. The second-order valence-electron chi connectivity index (χ2n) is 6.54. The van der Waals surface area contributed by atoms with Gasteiger partial charge in [0, 0.05) is 48.7 Å². The first-order valence-electron chi connectivity index (χ1n) is 8.23. The van der Waals surface area contributed by atoms with Gasteiger partial charge in [0.05, 0.1) is 19.1 Å². The van der Waals surface area contributed by atoms with Gasteiger partial charge in [-0.15, -0.1) is 0 Å². The van der Waals surface area contributed by atoms with Gasteiger partial charge in [0.2, 0.25) is 5.91 Å². The van der Waals surface area contributed by atoms with E-state index in [1.54, 1.807) is 7.11 Å². The predicted molar refractivity (Wildman–Crippen MR) is 87.1 cm³/mol. The highest BCUT2D eigenvalue weighted by molar-refractivity contribution is 5.89. The molecule has 1 aliphatic heterocycles. The van der Waals surface area contributed by atoms with Gasteiger partial charge >= 0.3 is 0 Å². The molecule has 1 amide bonds. The van der Waals surface area contributed by atoms with E-state index in [2.05, 4.69) is 10.3 Å². The second kappa shape index (κ2) is 5.98. The van der Waals surface area contributed by atoms with Crippen molar-refractivity contribution in [1.82, 2.24) is 10.3 Å². The molecule has 23 heavy (non-hydrogen) atoms. The molecule has 1 saturated heterocycles. The molecule has 5 heteroatoms. The zero-order valence-electron chi connectivity index (χ0n) is 13.2. The summed E-state index contributed by atoms with van der Waals surface area (Å²) in [6.07, 6.45) is 3.62. The van der Waals surface area contributed by atoms with Gasteiger partial charge in [-0.1, -0.05) is 18.2 Å². The zero-order valence-corrected chi connectivity index (χ0v) is 13.2. The van der Waals surface area contributed by atoms with E-state index in [9.17, 15) is 4.79 Å². The second-order valence-corrected chi connectivity index (χ2v) is 6.54. The third-order valence-electron chi connectivity index (χ3n) is 5.24. The van der Waals surface area contributed by atoms with Crippen LogP contribution in [-0.2, 0) is 20.7 Å². The van der Waals surface area contributed by atoms with Gasteiger partial charge in [-0.05, 0) is 18.1 Å². The summed E-state index contributed by atoms with van der Waals surface area (Å²) in [6, 6.07) is 8.25. The van der Waals surface area contributed by atoms with Crippen molar-refractivity contribution in [2.45, 2.75) is 25.0 Å². The summed E-state index contributed by atoms with van der Waals surface area (Å²) in [6.45, 7) is 1.43. The number of hydrogen-bond acceptors (Lipinski definition) is 3. The van der Waals surface area contributed by atoms with Gasteiger partial charge in [-0.2, -0.15) is 0 Å². The third kappa shape index (κ3) is 2.54. The van der Waals surface area contributed by atoms with Crippen molar-refractivity contribution >= 4 is 16.8 Å². The molecule has 1 aliphatic carbocycles. The fourth-order valence-electron chi connectivity index (χ4n) is 4.12. The number of carbonyl (C=O) groups excluding carboxylic acids is 1. The van der Waals surface area contributed by atoms with E-state index < -0.39 is 0 Å². The molecule has 1 aromatic carbocycles. The molecule has 2 fully saturated rings. The molecule has 4 rings (SSSR count). The first kappa shape index (κ1) is 14.7. The van der Waals surface area contributed by atoms with Crippen LogP contribution in [-0.4, -0.2) is 43.4 Å². The van der Waals surface area contributed by atoms with Crippen molar-refractivity contribution in [3.8, 4) is 0 Å². The van der Waals surface area contributed by atoms with Crippen LogP contribution < -0.4 is 5.32 Å². The molecule has 2 heterocycles. The summed E-state index contributed by atoms with van der Waals surface area (Å²) >= 11 is 0. The molecule has 2 N–H and O–H groups in total. The van der Waals surface area contributed by atoms with Gasteiger partial charge in [-0.3, -0.25) is 4.79 Å². The molecule has 2 aromatic rings. The van der Waals surface area contributed by atoms with Crippen LogP contribution in [0.5, 0.6) is 0 Å². The lowest BCUT2D eigenvalue weighted by atomic mass is 9.67. The topological polar surface area (TPSA) is 63.3 Å². The predicted octanol–water partition coefficient (Wildman–Crippen LogP) is 1.88. The maximum absolute atomic E-state index is 12.5. The monoisotopic (exact) mass is 314 g/mol. The Bertz CT molecular complexity index is 711. The molecule has 1 saturated carbocycles. The highest BCUT2D eigenvalue weighted by Gasteiger charge is 2.54. The van der Waals surface area contributed by atoms with Crippen LogP contribution in [0.1, 0.15) is 12.0 Å². The van der Waals surface area contributed by atoms with Gasteiger partial charge < -0.3 is 19.8 Å². The molecule has 2 aliphatic rings. The third-order valence-corrected chi connectivity index (χ3v) is 5.24. The lowest BCUT2D eigenvalue weighted by molar-refractivity contribution is -0.129. The van der Waals surface area contributed by atoms with Gasteiger partial charge in [0.15, 0.2) is 0 Å². The van der Waals surface area contributed by atoms with E-state index in [0.29, 0.717) is 18.9 Å². The molecule has 5 nitrogen and oxygen atoms in total. The Morgan fingerprint density at radius 1 is 1.43 bits per heavy atom.